The highest BCUT2D eigenvalue weighted by Gasteiger charge is 2.08. The first kappa shape index (κ1) is 7.19. The average Bonchev–Trinajstić information content (AvgIpc) is 1.84. The van der Waals surface area contributed by atoms with Gasteiger partial charge in [0.15, 0.2) is 0 Å². The van der Waals surface area contributed by atoms with Gasteiger partial charge < -0.3 is 10.1 Å². The van der Waals surface area contributed by atoms with Crippen LogP contribution in [0.15, 0.2) is 22.9 Å². The van der Waals surface area contributed by atoms with Crippen molar-refractivity contribution in [3.8, 4) is 0 Å². The molecule has 0 aromatic heterocycles. The molecule has 1 N–H and O–H groups in total. The molecule has 0 saturated carbocycles. The molecule has 2 heteroatoms. The Bertz CT molecular complexity index is 169. The van der Waals surface area contributed by atoms with Gasteiger partial charge in [-0.1, -0.05) is 0 Å². The number of ether oxygens (including phenoxy) is 1. The maximum atomic E-state index is 5.41. The second-order valence-electron chi connectivity index (χ2n) is 2.59. The Morgan fingerprint density at radius 1 is 0.900 bits per heavy atom. The summed E-state index contributed by atoms with van der Waals surface area (Å²) in [5.41, 5.74) is 2.20. The topological polar surface area (TPSA) is 21.3 Å². The van der Waals surface area contributed by atoms with Gasteiger partial charge in [-0.2, -0.15) is 0 Å². The molecule has 0 aromatic rings. The summed E-state index contributed by atoms with van der Waals surface area (Å²) in [5, 5.41) is 3.21. The van der Waals surface area contributed by atoms with Crippen LogP contribution >= 0.6 is 0 Å². The molecular weight excluding hydrogens is 126 g/mol. The van der Waals surface area contributed by atoms with Crippen molar-refractivity contribution >= 4 is 0 Å². The van der Waals surface area contributed by atoms with E-state index in [0.717, 1.165) is 22.9 Å². The van der Waals surface area contributed by atoms with E-state index in [1.165, 1.54) is 0 Å². The van der Waals surface area contributed by atoms with Crippen LogP contribution < -0.4 is 5.32 Å². The van der Waals surface area contributed by atoms with E-state index in [0.29, 0.717) is 0 Å². The minimum absolute atomic E-state index is 0.961. The summed E-state index contributed by atoms with van der Waals surface area (Å²) >= 11 is 0. The average molecular weight is 139 g/mol. The van der Waals surface area contributed by atoms with Crippen molar-refractivity contribution in [3.63, 3.8) is 0 Å². The number of hydrogen-bond acceptors (Lipinski definition) is 2. The first-order valence-electron chi connectivity index (χ1n) is 3.41. The predicted octanol–water partition coefficient (Wildman–Crippen LogP) is 2.11. The Morgan fingerprint density at radius 2 is 1.30 bits per heavy atom. The van der Waals surface area contributed by atoms with E-state index < -0.39 is 0 Å². The van der Waals surface area contributed by atoms with Gasteiger partial charge in [-0.15, -0.1) is 0 Å². The van der Waals surface area contributed by atoms with E-state index in [4.69, 9.17) is 4.74 Å². The van der Waals surface area contributed by atoms with E-state index in [1.807, 2.05) is 27.7 Å². The summed E-state index contributed by atoms with van der Waals surface area (Å²) in [5.74, 6) is 1.92. The van der Waals surface area contributed by atoms with Crippen LogP contribution in [0.25, 0.3) is 0 Å². The largest absolute Gasteiger partial charge is 0.463 e. The third-order valence-corrected chi connectivity index (χ3v) is 1.74. The highest BCUT2D eigenvalue weighted by atomic mass is 16.5. The quantitative estimate of drug-likeness (QED) is 0.555. The Kier molecular flexibility index (Phi) is 1.70. The van der Waals surface area contributed by atoms with Crippen LogP contribution in [0.2, 0.25) is 0 Å². The summed E-state index contributed by atoms with van der Waals surface area (Å²) < 4.78 is 5.41. The molecule has 0 saturated heterocycles. The highest BCUT2D eigenvalue weighted by Crippen LogP contribution is 2.17. The second kappa shape index (κ2) is 2.37. The van der Waals surface area contributed by atoms with Crippen molar-refractivity contribution in [1.29, 1.82) is 0 Å². The van der Waals surface area contributed by atoms with E-state index >= 15 is 0 Å². The first-order valence-corrected chi connectivity index (χ1v) is 3.41. The fourth-order valence-electron chi connectivity index (χ4n) is 0.840. The summed E-state index contributed by atoms with van der Waals surface area (Å²) in [6, 6.07) is 0. The molecule has 0 fully saturated rings. The standard InChI is InChI=1S/C8H13NO/c1-5-7(3)10-8(4)6(2)9-5/h9H,1-4H3. The van der Waals surface area contributed by atoms with Gasteiger partial charge in [-0.05, 0) is 27.7 Å². The molecule has 10 heavy (non-hydrogen) atoms. The van der Waals surface area contributed by atoms with Crippen molar-refractivity contribution < 1.29 is 4.74 Å². The molecule has 0 aliphatic carbocycles. The van der Waals surface area contributed by atoms with Gasteiger partial charge in [-0.25, -0.2) is 0 Å². The van der Waals surface area contributed by atoms with Gasteiger partial charge in [0, 0.05) is 0 Å². The lowest BCUT2D eigenvalue weighted by atomic mass is 10.3. The lowest BCUT2D eigenvalue weighted by molar-refractivity contribution is 0.283. The third-order valence-electron chi connectivity index (χ3n) is 1.74. The van der Waals surface area contributed by atoms with Crippen LogP contribution in [-0.2, 0) is 4.74 Å². The molecule has 1 aliphatic rings. The monoisotopic (exact) mass is 139 g/mol. The Balaban J connectivity index is 2.81. The fourth-order valence-corrected chi connectivity index (χ4v) is 0.840. The molecule has 1 heterocycles. The van der Waals surface area contributed by atoms with E-state index in [1.54, 1.807) is 0 Å². The zero-order valence-electron chi connectivity index (χ0n) is 6.91. The Hall–Kier alpha value is -0.920. The minimum atomic E-state index is 0.961. The number of hydrogen-bond donors (Lipinski definition) is 1. The van der Waals surface area contributed by atoms with Crippen molar-refractivity contribution in [2.75, 3.05) is 0 Å². The molecule has 0 amide bonds. The summed E-state index contributed by atoms with van der Waals surface area (Å²) in [6.45, 7) is 7.92. The number of nitrogens with one attached hydrogen (secondary N) is 1. The summed E-state index contributed by atoms with van der Waals surface area (Å²) in [6.07, 6.45) is 0. The van der Waals surface area contributed by atoms with Crippen LogP contribution in [0.4, 0.5) is 0 Å². The van der Waals surface area contributed by atoms with Crippen LogP contribution in [-0.4, -0.2) is 0 Å². The van der Waals surface area contributed by atoms with Gasteiger partial charge in [-0.3, -0.25) is 0 Å². The zero-order chi connectivity index (χ0) is 7.72. The van der Waals surface area contributed by atoms with E-state index in [9.17, 15) is 0 Å². The van der Waals surface area contributed by atoms with Crippen molar-refractivity contribution in [2.24, 2.45) is 0 Å². The molecule has 1 aliphatic heterocycles. The Morgan fingerprint density at radius 3 is 1.60 bits per heavy atom. The van der Waals surface area contributed by atoms with Crippen molar-refractivity contribution in [2.45, 2.75) is 27.7 Å². The van der Waals surface area contributed by atoms with Gasteiger partial charge >= 0.3 is 0 Å². The zero-order valence-corrected chi connectivity index (χ0v) is 6.91. The lowest BCUT2D eigenvalue weighted by Gasteiger charge is -2.20. The van der Waals surface area contributed by atoms with Crippen LogP contribution in [0.5, 0.6) is 0 Å². The van der Waals surface area contributed by atoms with Gasteiger partial charge in [0.2, 0.25) is 0 Å². The van der Waals surface area contributed by atoms with Crippen LogP contribution in [0.3, 0.4) is 0 Å². The maximum Gasteiger partial charge on any atom is 0.119 e. The second-order valence-corrected chi connectivity index (χ2v) is 2.59. The predicted molar refractivity (Wildman–Crippen MR) is 41.0 cm³/mol. The molecule has 0 unspecified atom stereocenters. The SMILES string of the molecule is CC1=C(C)OC(C)=C(C)N1. The fraction of sp³-hybridized carbons (Fsp3) is 0.500. The molecule has 0 aromatic carbocycles. The first-order chi connectivity index (χ1) is 4.61. The third kappa shape index (κ3) is 1.15. The van der Waals surface area contributed by atoms with E-state index in [2.05, 4.69) is 5.32 Å². The van der Waals surface area contributed by atoms with Gasteiger partial charge in [0.1, 0.15) is 11.5 Å². The molecular formula is C8H13NO. The molecule has 2 nitrogen and oxygen atoms in total. The minimum Gasteiger partial charge on any atom is -0.463 e. The molecule has 0 bridgehead atoms. The number of rotatable bonds is 0. The smallest absolute Gasteiger partial charge is 0.119 e. The summed E-state index contributed by atoms with van der Waals surface area (Å²) in [7, 11) is 0. The lowest BCUT2D eigenvalue weighted by Crippen LogP contribution is -2.17. The maximum absolute atomic E-state index is 5.41. The van der Waals surface area contributed by atoms with Crippen molar-refractivity contribution in [1.82, 2.24) is 5.32 Å². The molecule has 1 rings (SSSR count). The highest BCUT2D eigenvalue weighted by molar-refractivity contribution is 5.18. The van der Waals surface area contributed by atoms with Gasteiger partial charge in [0.25, 0.3) is 0 Å². The summed E-state index contributed by atoms with van der Waals surface area (Å²) in [4.78, 5) is 0. The molecule has 56 valence electrons. The molecule has 0 spiro atoms. The number of allylic oxidation sites excluding steroid dienone is 4. The molecule has 0 radical (unpaired) electrons. The van der Waals surface area contributed by atoms with Gasteiger partial charge in [0.05, 0.1) is 11.4 Å². The normalized spacial score (nSPS) is 18.8. The van der Waals surface area contributed by atoms with Crippen molar-refractivity contribution in [3.05, 3.63) is 22.9 Å². The van der Waals surface area contributed by atoms with E-state index in [-0.39, 0.29) is 0 Å². The molecule has 0 atom stereocenters. The van der Waals surface area contributed by atoms with Crippen LogP contribution in [0, 0.1) is 0 Å². The van der Waals surface area contributed by atoms with Crippen LogP contribution in [0.1, 0.15) is 27.7 Å². The Labute approximate surface area is 61.6 Å².